The molecule has 0 saturated carbocycles. The molecule has 0 spiro atoms. The molecule has 98 valence electrons. The number of hydrogen-bond donors (Lipinski definition) is 0. The number of Topliss-reactive ketones (excluding diaryl/α,β-unsaturated/α-hetero) is 1. The number of hydrogen-bond acceptors (Lipinski definition) is 6. The van der Waals surface area contributed by atoms with E-state index in [-0.39, 0.29) is 11.7 Å². The van der Waals surface area contributed by atoms with Crippen LogP contribution in [0.15, 0.2) is 4.52 Å². The third-order valence-corrected chi connectivity index (χ3v) is 3.44. The van der Waals surface area contributed by atoms with Crippen LogP contribution in [0.4, 0.5) is 0 Å². The zero-order valence-electron chi connectivity index (χ0n) is 10.1. The molecule has 3 rings (SSSR count). The molecule has 2 fully saturated rings. The highest BCUT2D eigenvalue weighted by atomic mass is 16.5. The molecule has 2 atom stereocenters. The van der Waals surface area contributed by atoms with E-state index in [1.807, 2.05) is 0 Å². The van der Waals surface area contributed by atoms with E-state index in [9.17, 15) is 4.79 Å². The second-order valence-electron chi connectivity index (χ2n) is 4.83. The van der Waals surface area contributed by atoms with Crippen LogP contribution in [0.2, 0.25) is 0 Å². The van der Waals surface area contributed by atoms with E-state index in [1.54, 1.807) is 0 Å². The molecule has 3 heterocycles. The number of ketones is 1. The molecule has 0 aromatic carbocycles. The zero-order valence-corrected chi connectivity index (χ0v) is 10.1. The lowest BCUT2D eigenvalue weighted by molar-refractivity contribution is -0.127. The molecule has 2 unspecified atom stereocenters. The molecular formula is C12H16N2O4. The number of rotatable bonds is 3. The van der Waals surface area contributed by atoms with Gasteiger partial charge in [0.05, 0.1) is 13.2 Å². The van der Waals surface area contributed by atoms with Crippen LogP contribution >= 0.6 is 0 Å². The first-order chi connectivity index (χ1) is 8.83. The van der Waals surface area contributed by atoms with Gasteiger partial charge in [0.25, 0.3) is 0 Å². The maximum absolute atomic E-state index is 11.7. The fraction of sp³-hybridized carbons (Fsp3) is 0.750. The lowest BCUT2D eigenvalue weighted by Crippen LogP contribution is -2.25. The van der Waals surface area contributed by atoms with Gasteiger partial charge in [0.2, 0.25) is 5.89 Å². The molecular weight excluding hydrogens is 236 g/mol. The first-order valence-corrected chi connectivity index (χ1v) is 6.33. The molecule has 1 aromatic rings. The molecule has 0 amide bonds. The lowest BCUT2D eigenvalue weighted by Gasteiger charge is -2.17. The van der Waals surface area contributed by atoms with Crippen molar-refractivity contribution in [3.63, 3.8) is 0 Å². The summed E-state index contributed by atoms with van der Waals surface area (Å²) in [4.78, 5) is 16.0. The van der Waals surface area contributed by atoms with E-state index < -0.39 is 0 Å². The predicted molar refractivity (Wildman–Crippen MR) is 60.1 cm³/mol. The molecule has 6 heteroatoms. The largest absolute Gasteiger partial charge is 0.381 e. The summed E-state index contributed by atoms with van der Waals surface area (Å²) in [5.41, 5.74) is 0. The SMILES string of the molecule is O=C1CCOCC1c1nc(CC2CCOC2)no1. The average Bonchev–Trinajstić information content (AvgIpc) is 3.02. The first-order valence-electron chi connectivity index (χ1n) is 6.33. The van der Waals surface area contributed by atoms with Crippen molar-refractivity contribution in [2.24, 2.45) is 5.92 Å². The number of nitrogens with zero attached hydrogens (tertiary/aromatic N) is 2. The quantitative estimate of drug-likeness (QED) is 0.789. The number of carbonyl (C=O) groups is 1. The highest BCUT2D eigenvalue weighted by Gasteiger charge is 2.30. The maximum atomic E-state index is 11.7. The Morgan fingerprint density at radius 3 is 2.89 bits per heavy atom. The summed E-state index contributed by atoms with van der Waals surface area (Å²) in [6, 6.07) is 0. The Morgan fingerprint density at radius 1 is 1.22 bits per heavy atom. The van der Waals surface area contributed by atoms with Crippen LogP contribution in [-0.2, 0) is 20.7 Å². The molecule has 2 saturated heterocycles. The Labute approximate surface area is 105 Å². The van der Waals surface area contributed by atoms with Crippen LogP contribution in [0.3, 0.4) is 0 Å². The van der Waals surface area contributed by atoms with E-state index in [2.05, 4.69) is 10.1 Å². The molecule has 0 N–H and O–H groups in total. The molecule has 0 bridgehead atoms. The van der Waals surface area contributed by atoms with Gasteiger partial charge in [0, 0.05) is 26.1 Å². The van der Waals surface area contributed by atoms with Crippen LogP contribution < -0.4 is 0 Å². The first kappa shape index (κ1) is 11.8. The Hall–Kier alpha value is -1.27. The van der Waals surface area contributed by atoms with Gasteiger partial charge in [-0.3, -0.25) is 4.79 Å². The summed E-state index contributed by atoms with van der Waals surface area (Å²) >= 11 is 0. The molecule has 6 nitrogen and oxygen atoms in total. The minimum absolute atomic E-state index is 0.126. The molecule has 18 heavy (non-hydrogen) atoms. The number of aromatic nitrogens is 2. The van der Waals surface area contributed by atoms with Crippen molar-refractivity contribution in [3.05, 3.63) is 11.7 Å². The van der Waals surface area contributed by atoms with Gasteiger partial charge in [-0.05, 0) is 12.3 Å². The Morgan fingerprint density at radius 2 is 2.11 bits per heavy atom. The second-order valence-corrected chi connectivity index (χ2v) is 4.83. The standard InChI is InChI=1S/C12H16N2O4/c15-10-2-4-17-7-9(10)12-13-11(14-18-12)5-8-1-3-16-6-8/h8-9H,1-7H2. The van der Waals surface area contributed by atoms with Crippen molar-refractivity contribution in [3.8, 4) is 0 Å². The molecule has 2 aliphatic heterocycles. The normalized spacial score (nSPS) is 28.8. The summed E-state index contributed by atoms with van der Waals surface area (Å²) in [6.45, 7) is 2.42. The number of ether oxygens (including phenoxy) is 2. The highest BCUT2D eigenvalue weighted by Crippen LogP contribution is 2.22. The summed E-state index contributed by atoms with van der Waals surface area (Å²) in [7, 11) is 0. The van der Waals surface area contributed by atoms with E-state index >= 15 is 0 Å². The van der Waals surface area contributed by atoms with Crippen molar-refractivity contribution < 1.29 is 18.8 Å². The van der Waals surface area contributed by atoms with Gasteiger partial charge in [-0.25, -0.2) is 0 Å². The summed E-state index contributed by atoms with van der Waals surface area (Å²) in [5.74, 6) is 1.28. The minimum Gasteiger partial charge on any atom is -0.381 e. The van der Waals surface area contributed by atoms with Crippen molar-refractivity contribution in [1.82, 2.24) is 10.1 Å². The molecule has 1 aromatic heterocycles. The Balaban J connectivity index is 1.66. The monoisotopic (exact) mass is 252 g/mol. The van der Waals surface area contributed by atoms with E-state index in [0.717, 1.165) is 26.1 Å². The van der Waals surface area contributed by atoms with Crippen molar-refractivity contribution >= 4 is 5.78 Å². The Kier molecular flexibility index (Phi) is 3.38. The summed E-state index contributed by atoms with van der Waals surface area (Å²) < 4.78 is 15.8. The molecule has 0 radical (unpaired) electrons. The van der Waals surface area contributed by atoms with Gasteiger partial charge in [0.15, 0.2) is 5.82 Å². The van der Waals surface area contributed by atoms with Gasteiger partial charge in [-0.1, -0.05) is 5.16 Å². The van der Waals surface area contributed by atoms with Crippen molar-refractivity contribution in [2.75, 3.05) is 26.4 Å². The third-order valence-electron chi connectivity index (χ3n) is 3.44. The smallest absolute Gasteiger partial charge is 0.239 e. The van der Waals surface area contributed by atoms with E-state index in [4.69, 9.17) is 14.0 Å². The van der Waals surface area contributed by atoms with E-state index in [1.165, 1.54) is 0 Å². The van der Waals surface area contributed by atoms with E-state index in [0.29, 0.717) is 37.3 Å². The maximum Gasteiger partial charge on any atom is 0.239 e. The summed E-state index contributed by atoms with van der Waals surface area (Å²) in [5, 5.41) is 3.94. The second kappa shape index (κ2) is 5.16. The van der Waals surface area contributed by atoms with Crippen LogP contribution in [0.5, 0.6) is 0 Å². The van der Waals surface area contributed by atoms with Gasteiger partial charge in [-0.2, -0.15) is 4.98 Å². The minimum atomic E-state index is -0.375. The average molecular weight is 252 g/mol. The van der Waals surface area contributed by atoms with Crippen LogP contribution in [0.1, 0.15) is 30.5 Å². The van der Waals surface area contributed by atoms with Crippen LogP contribution in [0.25, 0.3) is 0 Å². The topological polar surface area (TPSA) is 74.5 Å². The molecule has 0 aliphatic carbocycles. The van der Waals surface area contributed by atoms with Crippen molar-refractivity contribution in [1.29, 1.82) is 0 Å². The highest BCUT2D eigenvalue weighted by molar-refractivity contribution is 5.85. The van der Waals surface area contributed by atoms with Gasteiger partial charge >= 0.3 is 0 Å². The van der Waals surface area contributed by atoms with Gasteiger partial charge in [-0.15, -0.1) is 0 Å². The Bertz CT molecular complexity index is 425. The van der Waals surface area contributed by atoms with Crippen LogP contribution in [0, 0.1) is 5.92 Å². The summed E-state index contributed by atoms with van der Waals surface area (Å²) in [6.07, 6.45) is 2.22. The van der Waals surface area contributed by atoms with Gasteiger partial charge < -0.3 is 14.0 Å². The third kappa shape index (κ3) is 2.44. The van der Waals surface area contributed by atoms with Gasteiger partial charge in [0.1, 0.15) is 11.7 Å². The fourth-order valence-electron chi connectivity index (χ4n) is 2.34. The predicted octanol–water partition coefficient (Wildman–Crippen LogP) is 0.722. The number of carbonyl (C=O) groups excluding carboxylic acids is 1. The van der Waals surface area contributed by atoms with Crippen LogP contribution in [-0.4, -0.2) is 42.4 Å². The zero-order chi connectivity index (χ0) is 12.4. The fourth-order valence-corrected chi connectivity index (χ4v) is 2.34. The lowest BCUT2D eigenvalue weighted by atomic mass is 10.0. The molecule has 2 aliphatic rings. The van der Waals surface area contributed by atoms with Crippen molar-refractivity contribution in [2.45, 2.75) is 25.2 Å².